The summed E-state index contributed by atoms with van der Waals surface area (Å²) in [5.41, 5.74) is 5.12. The van der Waals surface area contributed by atoms with Gasteiger partial charge in [0.25, 0.3) is 5.91 Å². The summed E-state index contributed by atoms with van der Waals surface area (Å²) >= 11 is 0. The van der Waals surface area contributed by atoms with Crippen molar-refractivity contribution in [1.82, 2.24) is 4.90 Å². The van der Waals surface area contributed by atoms with Crippen LogP contribution in [0.25, 0.3) is 0 Å². The van der Waals surface area contributed by atoms with Gasteiger partial charge in [0.15, 0.2) is 0 Å². The van der Waals surface area contributed by atoms with Crippen LogP contribution in [0.4, 0.5) is 11.4 Å². The molecule has 0 spiro atoms. The lowest BCUT2D eigenvalue weighted by Crippen LogP contribution is -2.33. The average Bonchev–Trinajstić information content (AvgIpc) is 2.90. The van der Waals surface area contributed by atoms with E-state index >= 15 is 0 Å². The second-order valence-electron chi connectivity index (χ2n) is 9.15. The SMILES string of the molecule is Cc1ccc(C(=O)Nc2ccc3c(c2)N(C)C(=O)C3(C)C)cc1CN1CCCCC1. The van der Waals surface area contributed by atoms with E-state index in [0.717, 1.165) is 30.9 Å². The third kappa shape index (κ3) is 3.74. The smallest absolute Gasteiger partial charge is 0.255 e. The summed E-state index contributed by atoms with van der Waals surface area (Å²) < 4.78 is 0. The van der Waals surface area contributed by atoms with Crippen LogP contribution in [0.5, 0.6) is 0 Å². The predicted molar refractivity (Wildman–Crippen MR) is 121 cm³/mol. The van der Waals surface area contributed by atoms with Crippen molar-refractivity contribution >= 4 is 23.2 Å². The molecule has 5 nitrogen and oxygen atoms in total. The highest BCUT2D eigenvalue weighted by Gasteiger charge is 2.42. The first kappa shape index (κ1) is 20.6. The molecule has 0 bridgehead atoms. The van der Waals surface area contributed by atoms with E-state index in [1.54, 1.807) is 11.9 Å². The molecule has 158 valence electrons. The summed E-state index contributed by atoms with van der Waals surface area (Å²) in [7, 11) is 1.79. The Kier molecular flexibility index (Phi) is 5.41. The molecule has 0 radical (unpaired) electrons. The van der Waals surface area contributed by atoms with Crippen molar-refractivity contribution in [2.45, 2.75) is 52.0 Å². The van der Waals surface area contributed by atoms with E-state index in [0.29, 0.717) is 11.3 Å². The van der Waals surface area contributed by atoms with E-state index in [9.17, 15) is 9.59 Å². The van der Waals surface area contributed by atoms with Gasteiger partial charge in [-0.3, -0.25) is 14.5 Å². The first-order valence-corrected chi connectivity index (χ1v) is 10.8. The van der Waals surface area contributed by atoms with Crippen LogP contribution in [0.15, 0.2) is 36.4 Å². The number of likely N-dealkylation sites (N-methyl/N-ethyl adjacent to an activating group) is 1. The molecule has 2 amide bonds. The maximum atomic E-state index is 12.9. The molecule has 5 heteroatoms. The van der Waals surface area contributed by atoms with Gasteiger partial charge in [0.05, 0.1) is 5.41 Å². The molecule has 0 aromatic heterocycles. The van der Waals surface area contributed by atoms with Crippen molar-refractivity contribution in [1.29, 1.82) is 0 Å². The third-order valence-corrected chi connectivity index (χ3v) is 6.58. The van der Waals surface area contributed by atoms with Crippen molar-refractivity contribution in [3.05, 3.63) is 58.7 Å². The number of hydrogen-bond donors (Lipinski definition) is 1. The lowest BCUT2D eigenvalue weighted by atomic mass is 9.86. The third-order valence-electron chi connectivity index (χ3n) is 6.58. The zero-order valence-electron chi connectivity index (χ0n) is 18.4. The number of amides is 2. The molecule has 2 aromatic rings. The van der Waals surface area contributed by atoms with Crippen molar-refractivity contribution in [2.75, 3.05) is 30.4 Å². The van der Waals surface area contributed by atoms with Gasteiger partial charge in [-0.15, -0.1) is 0 Å². The molecule has 2 heterocycles. The normalized spacial score (nSPS) is 18.4. The van der Waals surface area contributed by atoms with Crippen LogP contribution in [0.2, 0.25) is 0 Å². The Balaban J connectivity index is 1.52. The van der Waals surface area contributed by atoms with Gasteiger partial charge in [-0.05, 0) is 87.7 Å². The fourth-order valence-electron chi connectivity index (χ4n) is 4.60. The minimum absolute atomic E-state index is 0.0712. The lowest BCUT2D eigenvalue weighted by molar-refractivity contribution is -0.121. The van der Waals surface area contributed by atoms with Crippen molar-refractivity contribution in [2.24, 2.45) is 0 Å². The molecule has 0 unspecified atom stereocenters. The zero-order valence-corrected chi connectivity index (χ0v) is 18.4. The van der Waals surface area contributed by atoms with Crippen LogP contribution < -0.4 is 10.2 Å². The number of aryl methyl sites for hydroxylation is 1. The Labute approximate surface area is 179 Å². The highest BCUT2D eigenvalue weighted by molar-refractivity contribution is 6.09. The molecule has 1 N–H and O–H groups in total. The first-order chi connectivity index (χ1) is 14.3. The quantitative estimate of drug-likeness (QED) is 0.816. The summed E-state index contributed by atoms with van der Waals surface area (Å²) in [6, 6.07) is 11.7. The molecule has 30 heavy (non-hydrogen) atoms. The molecular formula is C25H31N3O2. The number of benzene rings is 2. The number of carbonyl (C=O) groups is 2. The van der Waals surface area contributed by atoms with Crippen LogP contribution in [0.1, 0.15) is 60.2 Å². The number of nitrogens with zero attached hydrogens (tertiary/aromatic N) is 2. The number of piperidine rings is 1. The molecule has 2 aliphatic rings. The molecule has 2 aliphatic heterocycles. The highest BCUT2D eigenvalue weighted by Crippen LogP contribution is 2.41. The second kappa shape index (κ2) is 7.88. The van der Waals surface area contributed by atoms with Gasteiger partial charge in [-0.25, -0.2) is 0 Å². The monoisotopic (exact) mass is 405 g/mol. The minimum Gasteiger partial charge on any atom is -0.322 e. The molecule has 0 atom stereocenters. The standard InChI is InChI=1S/C25H31N3O2/c1-17-8-9-18(14-19(17)16-28-12-6-5-7-13-28)23(29)26-20-10-11-21-22(15-20)27(4)24(30)25(21,2)3/h8-11,14-15H,5-7,12-13,16H2,1-4H3,(H,26,29). The first-order valence-electron chi connectivity index (χ1n) is 10.8. The van der Waals surface area contributed by atoms with Gasteiger partial charge in [0.1, 0.15) is 0 Å². The van der Waals surface area contributed by atoms with Crippen LogP contribution in [0.3, 0.4) is 0 Å². The molecule has 0 saturated carbocycles. The van der Waals surface area contributed by atoms with Gasteiger partial charge in [-0.2, -0.15) is 0 Å². The summed E-state index contributed by atoms with van der Waals surface area (Å²) in [5.74, 6) is -0.0528. The molecule has 4 rings (SSSR count). The summed E-state index contributed by atoms with van der Waals surface area (Å²) in [4.78, 5) is 29.6. The van der Waals surface area contributed by atoms with Gasteiger partial charge in [0, 0.05) is 30.5 Å². The lowest BCUT2D eigenvalue weighted by Gasteiger charge is -2.27. The van der Waals surface area contributed by atoms with Crippen LogP contribution >= 0.6 is 0 Å². The Bertz CT molecular complexity index is 990. The number of nitrogens with one attached hydrogen (secondary N) is 1. The number of anilines is 2. The molecular weight excluding hydrogens is 374 g/mol. The second-order valence-corrected chi connectivity index (χ2v) is 9.15. The van der Waals surface area contributed by atoms with E-state index in [4.69, 9.17) is 0 Å². The average molecular weight is 406 g/mol. The predicted octanol–water partition coefficient (Wildman–Crippen LogP) is 4.49. The van der Waals surface area contributed by atoms with Crippen LogP contribution in [-0.2, 0) is 16.8 Å². The summed E-state index contributed by atoms with van der Waals surface area (Å²) in [6.45, 7) is 9.14. The summed E-state index contributed by atoms with van der Waals surface area (Å²) in [5, 5.41) is 3.01. The van der Waals surface area contributed by atoms with E-state index in [1.807, 2.05) is 50.2 Å². The highest BCUT2D eigenvalue weighted by atomic mass is 16.2. The van der Waals surface area contributed by atoms with E-state index in [2.05, 4.69) is 17.1 Å². The molecule has 2 aromatic carbocycles. The number of hydrogen-bond acceptors (Lipinski definition) is 3. The fourth-order valence-corrected chi connectivity index (χ4v) is 4.60. The van der Waals surface area contributed by atoms with Crippen molar-refractivity contribution in [3.8, 4) is 0 Å². The molecule has 0 aliphatic carbocycles. The largest absolute Gasteiger partial charge is 0.322 e. The fraction of sp³-hybridized carbons (Fsp3) is 0.440. The zero-order chi connectivity index (χ0) is 21.5. The topological polar surface area (TPSA) is 52.7 Å². The minimum atomic E-state index is -0.535. The van der Waals surface area contributed by atoms with Crippen LogP contribution in [0, 0.1) is 6.92 Å². The van der Waals surface area contributed by atoms with Gasteiger partial charge >= 0.3 is 0 Å². The Morgan fingerprint density at radius 1 is 1.07 bits per heavy atom. The maximum absolute atomic E-state index is 12.9. The van der Waals surface area contributed by atoms with Gasteiger partial charge < -0.3 is 10.2 Å². The Morgan fingerprint density at radius 2 is 1.80 bits per heavy atom. The summed E-state index contributed by atoms with van der Waals surface area (Å²) in [6.07, 6.45) is 3.83. The Hall–Kier alpha value is -2.66. The molecule has 1 saturated heterocycles. The number of rotatable bonds is 4. The van der Waals surface area contributed by atoms with Crippen molar-refractivity contribution < 1.29 is 9.59 Å². The molecule has 1 fully saturated rings. The Morgan fingerprint density at radius 3 is 2.53 bits per heavy atom. The van der Waals surface area contributed by atoms with Gasteiger partial charge in [0.2, 0.25) is 5.91 Å². The number of fused-ring (bicyclic) bond motifs is 1. The number of likely N-dealkylation sites (tertiary alicyclic amines) is 1. The van der Waals surface area contributed by atoms with E-state index < -0.39 is 5.41 Å². The van der Waals surface area contributed by atoms with Crippen molar-refractivity contribution in [3.63, 3.8) is 0 Å². The van der Waals surface area contributed by atoms with E-state index in [-0.39, 0.29) is 11.8 Å². The number of carbonyl (C=O) groups excluding carboxylic acids is 2. The maximum Gasteiger partial charge on any atom is 0.255 e. The van der Waals surface area contributed by atoms with Gasteiger partial charge in [-0.1, -0.05) is 18.6 Å². The van der Waals surface area contributed by atoms with Crippen LogP contribution in [-0.4, -0.2) is 36.9 Å². The van der Waals surface area contributed by atoms with E-state index in [1.165, 1.54) is 30.4 Å².